The van der Waals surface area contributed by atoms with Crippen molar-refractivity contribution in [1.82, 2.24) is 4.98 Å². The molecular formula is C13H11Cl2FN2. The van der Waals surface area contributed by atoms with E-state index >= 15 is 0 Å². The summed E-state index contributed by atoms with van der Waals surface area (Å²) in [5.74, 6) is -0.350. The largest absolute Gasteiger partial charge is 0.377 e. The van der Waals surface area contributed by atoms with Gasteiger partial charge in [-0.05, 0) is 37.3 Å². The molecule has 0 aliphatic carbocycles. The van der Waals surface area contributed by atoms with Gasteiger partial charge in [0.05, 0.1) is 17.9 Å². The molecule has 0 fully saturated rings. The SMILES string of the molecule is CC(Nc1cc(Cl)cc(Cl)c1)c1ccc(F)cn1. The molecule has 18 heavy (non-hydrogen) atoms. The van der Waals surface area contributed by atoms with E-state index in [1.807, 2.05) is 6.92 Å². The van der Waals surface area contributed by atoms with Crippen molar-refractivity contribution in [3.8, 4) is 0 Å². The van der Waals surface area contributed by atoms with E-state index in [0.29, 0.717) is 10.0 Å². The van der Waals surface area contributed by atoms with Crippen LogP contribution in [0.15, 0.2) is 36.5 Å². The summed E-state index contributed by atoms with van der Waals surface area (Å²) in [4.78, 5) is 4.02. The fraction of sp³-hybridized carbons (Fsp3) is 0.154. The predicted octanol–water partition coefficient (Wildman–Crippen LogP) is 4.70. The van der Waals surface area contributed by atoms with Crippen molar-refractivity contribution < 1.29 is 4.39 Å². The molecule has 1 atom stereocenters. The monoisotopic (exact) mass is 284 g/mol. The average Bonchev–Trinajstić information content (AvgIpc) is 2.28. The highest BCUT2D eigenvalue weighted by atomic mass is 35.5. The van der Waals surface area contributed by atoms with Crippen LogP contribution in [0.3, 0.4) is 0 Å². The van der Waals surface area contributed by atoms with Gasteiger partial charge in [-0.3, -0.25) is 4.98 Å². The molecule has 2 rings (SSSR count). The highest BCUT2D eigenvalue weighted by molar-refractivity contribution is 6.35. The molecule has 0 spiro atoms. The highest BCUT2D eigenvalue weighted by Crippen LogP contribution is 2.25. The number of hydrogen-bond acceptors (Lipinski definition) is 2. The molecule has 0 amide bonds. The maximum atomic E-state index is 12.8. The second-order valence-electron chi connectivity index (χ2n) is 3.93. The van der Waals surface area contributed by atoms with Crippen molar-refractivity contribution in [1.29, 1.82) is 0 Å². The Morgan fingerprint density at radius 3 is 2.39 bits per heavy atom. The zero-order chi connectivity index (χ0) is 13.1. The minimum absolute atomic E-state index is 0.0693. The molecule has 0 aliphatic heterocycles. The number of anilines is 1. The smallest absolute Gasteiger partial charge is 0.141 e. The first-order chi connectivity index (χ1) is 8.54. The standard InChI is InChI=1S/C13H11Cl2FN2/c1-8(13-3-2-11(16)7-17-13)18-12-5-9(14)4-10(15)6-12/h2-8,18H,1H3. The molecule has 1 unspecified atom stereocenters. The zero-order valence-electron chi connectivity index (χ0n) is 9.62. The molecule has 0 saturated carbocycles. The van der Waals surface area contributed by atoms with Crippen LogP contribution in [0.5, 0.6) is 0 Å². The molecule has 0 aliphatic rings. The molecule has 2 aromatic rings. The summed E-state index contributed by atoms with van der Waals surface area (Å²) in [6.45, 7) is 1.93. The third-order valence-electron chi connectivity index (χ3n) is 2.44. The molecule has 1 aromatic carbocycles. The summed E-state index contributed by atoms with van der Waals surface area (Å²) in [5.41, 5.74) is 1.54. The van der Waals surface area contributed by atoms with Crippen molar-refractivity contribution >= 4 is 28.9 Å². The number of benzene rings is 1. The zero-order valence-corrected chi connectivity index (χ0v) is 11.1. The van der Waals surface area contributed by atoms with Crippen LogP contribution in [0.2, 0.25) is 10.0 Å². The van der Waals surface area contributed by atoms with Gasteiger partial charge in [0, 0.05) is 15.7 Å². The number of pyridine rings is 1. The van der Waals surface area contributed by atoms with Crippen molar-refractivity contribution in [2.24, 2.45) is 0 Å². The average molecular weight is 285 g/mol. The molecule has 1 N–H and O–H groups in total. The third-order valence-corrected chi connectivity index (χ3v) is 2.88. The lowest BCUT2D eigenvalue weighted by atomic mass is 10.2. The van der Waals surface area contributed by atoms with Crippen LogP contribution in [-0.4, -0.2) is 4.98 Å². The Kier molecular flexibility index (Phi) is 4.04. The van der Waals surface area contributed by atoms with E-state index in [2.05, 4.69) is 10.3 Å². The Morgan fingerprint density at radius 1 is 1.17 bits per heavy atom. The number of hydrogen-bond donors (Lipinski definition) is 1. The van der Waals surface area contributed by atoms with Gasteiger partial charge < -0.3 is 5.32 Å². The number of halogens is 3. The lowest BCUT2D eigenvalue weighted by Gasteiger charge is -2.15. The Bertz CT molecular complexity index is 523. The highest BCUT2D eigenvalue weighted by Gasteiger charge is 2.07. The van der Waals surface area contributed by atoms with Gasteiger partial charge in [-0.1, -0.05) is 23.2 Å². The topological polar surface area (TPSA) is 24.9 Å². The lowest BCUT2D eigenvalue weighted by molar-refractivity contribution is 0.617. The van der Waals surface area contributed by atoms with E-state index in [4.69, 9.17) is 23.2 Å². The summed E-state index contributed by atoms with van der Waals surface area (Å²) in [6.07, 6.45) is 1.19. The van der Waals surface area contributed by atoms with E-state index in [-0.39, 0.29) is 11.9 Å². The summed E-state index contributed by atoms with van der Waals surface area (Å²) in [6, 6.07) is 8.15. The van der Waals surface area contributed by atoms with Crippen LogP contribution in [0.4, 0.5) is 10.1 Å². The number of aromatic nitrogens is 1. The molecule has 2 nitrogen and oxygen atoms in total. The van der Waals surface area contributed by atoms with Crippen LogP contribution in [0.1, 0.15) is 18.7 Å². The molecule has 5 heteroatoms. The molecule has 0 saturated heterocycles. The summed E-state index contributed by atoms with van der Waals surface area (Å²) in [7, 11) is 0. The van der Waals surface area contributed by atoms with Gasteiger partial charge in [0.25, 0.3) is 0 Å². The summed E-state index contributed by atoms with van der Waals surface area (Å²) in [5, 5.41) is 4.32. The fourth-order valence-corrected chi connectivity index (χ4v) is 2.13. The van der Waals surface area contributed by atoms with Crippen molar-refractivity contribution in [3.63, 3.8) is 0 Å². The maximum Gasteiger partial charge on any atom is 0.141 e. The van der Waals surface area contributed by atoms with Crippen LogP contribution < -0.4 is 5.32 Å². The Balaban J connectivity index is 2.15. The van der Waals surface area contributed by atoms with Crippen molar-refractivity contribution in [3.05, 3.63) is 58.1 Å². The van der Waals surface area contributed by atoms with Gasteiger partial charge in [0.1, 0.15) is 5.82 Å². The first-order valence-electron chi connectivity index (χ1n) is 5.38. The van der Waals surface area contributed by atoms with Crippen molar-refractivity contribution in [2.75, 3.05) is 5.32 Å². The number of rotatable bonds is 3. The first-order valence-corrected chi connectivity index (χ1v) is 6.14. The quantitative estimate of drug-likeness (QED) is 0.884. The maximum absolute atomic E-state index is 12.8. The molecule has 0 radical (unpaired) electrons. The van der Waals surface area contributed by atoms with Crippen LogP contribution in [0, 0.1) is 5.82 Å². The van der Waals surface area contributed by atoms with E-state index in [9.17, 15) is 4.39 Å². The van der Waals surface area contributed by atoms with Gasteiger partial charge in [-0.25, -0.2) is 4.39 Å². The Morgan fingerprint density at radius 2 is 1.83 bits per heavy atom. The lowest BCUT2D eigenvalue weighted by Crippen LogP contribution is -2.08. The van der Waals surface area contributed by atoms with Crippen LogP contribution in [-0.2, 0) is 0 Å². The number of nitrogens with one attached hydrogen (secondary N) is 1. The minimum atomic E-state index is -0.350. The van der Waals surface area contributed by atoms with Crippen LogP contribution in [0.25, 0.3) is 0 Å². The van der Waals surface area contributed by atoms with E-state index in [0.717, 1.165) is 11.4 Å². The second-order valence-corrected chi connectivity index (χ2v) is 4.80. The molecule has 0 bridgehead atoms. The molecule has 1 aromatic heterocycles. The molecule has 1 heterocycles. The number of nitrogens with zero attached hydrogens (tertiary/aromatic N) is 1. The van der Waals surface area contributed by atoms with Gasteiger partial charge in [-0.15, -0.1) is 0 Å². The molecule has 94 valence electrons. The predicted molar refractivity (Wildman–Crippen MR) is 72.7 cm³/mol. The summed E-state index contributed by atoms with van der Waals surface area (Å²) < 4.78 is 12.8. The van der Waals surface area contributed by atoms with E-state index in [1.54, 1.807) is 24.3 Å². The van der Waals surface area contributed by atoms with Crippen LogP contribution >= 0.6 is 23.2 Å². The Labute approximate surface area is 115 Å². The van der Waals surface area contributed by atoms with Gasteiger partial charge in [-0.2, -0.15) is 0 Å². The van der Waals surface area contributed by atoms with Crippen molar-refractivity contribution in [2.45, 2.75) is 13.0 Å². The Hall–Kier alpha value is -1.32. The normalized spacial score (nSPS) is 12.2. The van der Waals surface area contributed by atoms with E-state index in [1.165, 1.54) is 12.3 Å². The van der Waals surface area contributed by atoms with Gasteiger partial charge in [0.15, 0.2) is 0 Å². The van der Waals surface area contributed by atoms with E-state index < -0.39 is 0 Å². The first kappa shape index (κ1) is 13.1. The van der Waals surface area contributed by atoms with Gasteiger partial charge >= 0.3 is 0 Å². The molecular weight excluding hydrogens is 274 g/mol. The fourth-order valence-electron chi connectivity index (χ4n) is 1.60. The third kappa shape index (κ3) is 3.34. The second kappa shape index (κ2) is 5.55. The van der Waals surface area contributed by atoms with Gasteiger partial charge in [0.2, 0.25) is 0 Å². The summed E-state index contributed by atoms with van der Waals surface area (Å²) >= 11 is 11.8. The minimum Gasteiger partial charge on any atom is -0.377 e.